The van der Waals surface area contributed by atoms with Gasteiger partial charge in [-0.1, -0.05) is 78.9 Å². The molecule has 0 N–H and O–H groups in total. The highest BCUT2D eigenvalue weighted by molar-refractivity contribution is 6.11. The second-order valence-corrected chi connectivity index (χ2v) is 11.3. The average Bonchev–Trinajstić information content (AvgIpc) is 3.70. The van der Waals surface area contributed by atoms with Crippen LogP contribution in [0.5, 0.6) is 0 Å². The Kier molecular flexibility index (Phi) is 5.00. The van der Waals surface area contributed by atoms with E-state index in [0.717, 1.165) is 77.5 Å². The van der Waals surface area contributed by atoms with E-state index in [2.05, 4.69) is 138 Å². The fraction of sp³-hybridized carbons (Fsp3) is 0.0513. The standard InChI is InChI=1S/C39H27N2O2/c1-24-16-19-30-31-22-26(25-10-4-3-5-11-25)17-21-35(31)43-38(30)37(24)39-40(2)32-13-7-8-14-33(32)41(39)27-18-20-29-28-12-6-9-15-34(28)42-36(29)23-27/h3-23H,1-2H3/q+1. The first kappa shape index (κ1) is 24.0. The second kappa shape index (κ2) is 8.94. The predicted octanol–water partition coefficient (Wildman–Crippen LogP) is 9.90. The Morgan fingerprint density at radius 1 is 0.558 bits per heavy atom. The molecule has 9 rings (SSSR count). The Morgan fingerprint density at radius 3 is 2.21 bits per heavy atom. The number of hydrogen-bond donors (Lipinski definition) is 0. The number of furan rings is 2. The van der Waals surface area contributed by atoms with Crippen LogP contribution in [0.15, 0.2) is 136 Å². The number of hydrogen-bond acceptors (Lipinski definition) is 2. The summed E-state index contributed by atoms with van der Waals surface area (Å²) < 4.78 is 17.7. The number of aromatic nitrogens is 2. The molecule has 0 unspecified atom stereocenters. The number of imidazole rings is 1. The summed E-state index contributed by atoms with van der Waals surface area (Å²) in [6.07, 6.45) is 0. The minimum Gasteiger partial charge on any atom is -0.456 e. The van der Waals surface area contributed by atoms with Crippen molar-refractivity contribution in [1.29, 1.82) is 0 Å². The molecule has 0 aliphatic rings. The largest absolute Gasteiger partial charge is 0.456 e. The lowest BCUT2D eigenvalue weighted by molar-refractivity contribution is -0.633. The molecular formula is C39H27N2O2+. The highest BCUT2D eigenvalue weighted by Crippen LogP contribution is 2.41. The van der Waals surface area contributed by atoms with E-state index in [1.807, 2.05) is 12.1 Å². The number of benzene rings is 6. The molecule has 0 atom stereocenters. The van der Waals surface area contributed by atoms with Crippen LogP contribution in [0.1, 0.15) is 5.56 Å². The lowest BCUT2D eigenvalue weighted by atomic mass is 10.00. The highest BCUT2D eigenvalue weighted by atomic mass is 16.3. The summed E-state index contributed by atoms with van der Waals surface area (Å²) in [5.41, 5.74) is 11.5. The van der Waals surface area contributed by atoms with Crippen LogP contribution in [-0.4, -0.2) is 4.57 Å². The molecule has 6 aromatic carbocycles. The summed E-state index contributed by atoms with van der Waals surface area (Å²) in [6, 6.07) is 44.7. The summed E-state index contributed by atoms with van der Waals surface area (Å²) in [5, 5.41) is 4.47. The van der Waals surface area contributed by atoms with Crippen molar-refractivity contribution in [1.82, 2.24) is 4.57 Å². The Balaban J connectivity index is 1.34. The van der Waals surface area contributed by atoms with Crippen LogP contribution >= 0.6 is 0 Å². The van der Waals surface area contributed by atoms with Gasteiger partial charge in [0.05, 0.1) is 7.05 Å². The van der Waals surface area contributed by atoms with Gasteiger partial charge in [-0.15, -0.1) is 0 Å². The normalized spacial score (nSPS) is 12.0. The van der Waals surface area contributed by atoms with Crippen molar-refractivity contribution in [3.63, 3.8) is 0 Å². The van der Waals surface area contributed by atoms with E-state index in [0.29, 0.717) is 0 Å². The first-order chi connectivity index (χ1) is 21.2. The average molecular weight is 556 g/mol. The van der Waals surface area contributed by atoms with E-state index in [4.69, 9.17) is 8.83 Å². The molecule has 4 heteroatoms. The van der Waals surface area contributed by atoms with Crippen molar-refractivity contribution in [2.45, 2.75) is 6.92 Å². The van der Waals surface area contributed by atoms with Gasteiger partial charge in [-0.05, 0) is 66.1 Å². The summed E-state index contributed by atoms with van der Waals surface area (Å²) in [6.45, 7) is 2.17. The molecule has 0 radical (unpaired) electrons. The van der Waals surface area contributed by atoms with Crippen LogP contribution in [0.4, 0.5) is 0 Å². The third-order valence-electron chi connectivity index (χ3n) is 8.81. The minimum atomic E-state index is 0.872. The number of para-hydroxylation sites is 3. The van der Waals surface area contributed by atoms with E-state index < -0.39 is 0 Å². The number of nitrogens with zero attached hydrogens (tertiary/aromatic N) is 2. The quantitative estimate of drug-likeness (QED) is 0.203. The van der Waals surface area contributed by atoms with Crippen molar-refractivity contribution < 1.29 is 13.4 Å². The Bertz CT molecular complexity index is 2530. The Hall–Kier alpha value is -5.61. The van der Waals surface area contributed by atoms with Crippen molar-refractivity contribution in [2.24, 2.45) is 7.05 Å². The minimum absolute atomic E-state index is 0.872. The zero-order chi connectivity index (χ0) is 28.7. The molecule has 0 saturated carbocycles. The third-order valence-corrected chi connectivity index (χ3v) is 8.81. The maximum absolute atomic E-state index is 6.72. The van der Waals surface area contributed by atoms with Crippen LogP contribution in [0.25, 0.3) is 83.1 Å². The van der Waals surface area contributed by atoms with Gasteiger partial charge in [-0.2, -0.15) is 4.57 Å². The van der Waals surface area contributed by atoms with Gasteiger partial charge in [0.2, 0.25) is 0 Å². The second-order valence-electron chi connectivity index (χ2n) is 11.3. The van der Waals surface area contributed by atoms with E-state index in [1.165, 1.54) is 11.1 Å². The summed E-state index contributed by atoms with van der Waals surface area (Å²) in [4.78, 5) is 0. The zero-order valence-electron chi connectivity index (χ0n) is 23.8. The van der Waals surface area contributed by atoms with Gasteiger partial charge in [0.15, 0.2) is 16.6 Å². The fourth-order valence-corrected chi connectivity index (χ4v) is 6.74. The number of fused-ring (bicyclic) bond motifs is 7. The molecule has 0 fully saturated rings. The summed E-state index contributed by atoms with van der Waals surface area (Å²) in [7, 11) is 2.14. The molecule has 0 spiro atoms. The smallest absolute Gasteiger partial charge is 0.298 e. The molecule has 204 valence electrons. The van der Waals surface area contributed by atoms with Crippen molar-refractivity contribution in [3.8, 4) is 28.2 Å². The first-order valence-corrected chi connectivity index (χ1v) is 14.6. The van der Waals surface area contributed by atoms with Crippen LogP contribution in [0, 0.1) is 6.92 Å². The molecule has 0 bridgehead atoms. The number of rotatable bonds is 3. The van der Waals surface area contributed by atoms with Crippen molar-refractivity contribution in [3.05, 3.63) is 133 Å². The third kappa shape index (κ3) is 3.47. The van der Waals surface area contributed by atoms with Crippen LogP contribution in [0.2, 0.25) is 0 Å². The van der Waals surface area contributed by atoms with Crippen LogP contribution in [0.3, 0.4) is 0 Å². The van der Waals surface area contributed by atoms with Gasteiger partial charge < -0.3 is 8.83 Å². The molecule has 43 heavy (non-hydrogen) atoms. The van der Waals surface area contributed by atoms with E-state index in [1.54, 1.807) is 0 Å². The van der Waals surface area contributed by atoms with Gasteiger partial charge in [-0.25, -0.2) is 4.57 Å². The molecule has 9 aromatic rings. The molecule has 0 aliphatic carbocycles. The lowest BCUT2D eigenvalue weighted by Gasteiger charge is -2.07. The predicted molar refractivity (Wildman–Crippen MR) is 175 cm³/mol. The van der Waals surface area contributed by atoms with Crippen LogP contribution < -0.4 is 4.57 Å². The first-order valence-electron chi connectivity index (χ1n) is 14.6. The van der Waals surface area contributed by atoms with Crippen molar-refractivity contribution >= 4 is 54.9 Å². The summed E-state index contributed by atoms with van der Waals surface area (Å²) >= 11 is 0. The zero-order valence-corrected chi connectivity index (χ0v) is 23.8. The highest BCUT2D eigenvalue weighted by Gasteiger charge is 2.30. The lowest BCUT2D eigenvalue weighted by Crippen LogP contribution is -2.30. The van der Waals surface area contributed by atoms with Crippen LogP contribution in [-0.2, 0) is 7.05 Å². The maximum atomic E-state index is 6.72. The Morgan fingerprint density at radius 2 is 1.30 bits per heavy atom. The molecule has 3 aromatic heterocycles. The molecule has 3 heterocycles. The monoisotopic (exact) mass is 555 g/mol. The van der Waals surface area contributed by atoms with E-state index in [9.17, 15) is 0 Å². The SMILES string of the molecule is Cc1ccc2c(oc3ccc(-c4ccccc4)cc32)c1-c1n(-c2ccc3c(c2)oc2ccccc23)c2ccccc2[n+]1C. The maximum Gasteiger partial charge on any atom is 0.298 e. The molecule has 0 aliphatic heterocycles. The van der Waals surface area contributed by atoms with Gasteiger partial charge >= 0.3 is 0 Å². The van der Waals surface area contributed by atoms with Gasteiger partial charge in [0.25, 0.3) is 5.82 Å². The van der Waals surface area contributed by atoms with Gasteiger partial charge in [0, 0.05) is 27.6 Å². The Labute approximate surface area is 247 Å². The van der Waals surface area contributed by atoms with E-state index >= 15 is 0 Å². The molecule has 0 amide bonds. The van der Waals surface area contributed by atoms with Gasteiger partial charge in [0.1, 0.15) is 28.0 Å². The topological polar surface area (TPSA) is 35.1 Å². The van der Waals surface area contributed by atoms with E-state index in [-0.39, 0.29) is 0 Å². The van der Waals surface area contributed by atoms with Crippen molar-refractivity contribution in [2.75, 3.05) is 0 Å². The number of aryl methyl sites for hydroxylation is 2. The van der Waals surface area contributed by atoms with Gasteiger partial charge in [-0.3, -0.25) is 0 Å². The summed E-state index contributed by atoms with van der Waals surface area (Å²) in [5.74, 6) is 1.06. The molecule has 4 nitrogen and oxygen atoms in total. The molecule has 0 saturated heterocycles. The molecular weight excluding hydrogens is 528 g/mol. The fourth-order valence-electron chi connectivity index (χ4n) is 6.74.